The molecule has 17 heavy (non-hydrogen) atoms. The highest BCUT2D eigenvalue weighted by Gasteiger charge is 2.21. The summed E-state index contributed by atoms with van der Waals surface area (Å²) in [7, 11) is 2.21. The van der Waals surface area contributed by atoms with E-state index in [2.05, 4.69) is 35.2 Å². The van der Waals surface area contributed by atoms with Crippen molar-refractivity contribution in [2.45, 2.75) is 32.4 Å². The van der Waals surface area contributed by atoms with Gasteiger partial charge in [0.25, 0.3) is 0 Å². The number of aromatic nitrogens is 1. The van der Waals surface area contributed by atoms with Crippen LogP contribution in [0.1, 0.15) is 25.3 Å². The van der Waals surface area contributed by atoms with Crippen LogP contribution in [-0.4, -0.2) is 36.1 Å². The molecule has 1 aromatic heterocycles. The molecule has 94 valence electrons. The molecule has 1 unspecified atom stereocenters. The van der Waals surface area contributed by atoms with E-state index < -0.39 is 0 Å². The maximum Gasteiger partial charge on any atom is 0.0312 e. The highest BCUT2D eigenvalue weighted by atomic mass is 15.1. The van der Waals surface area contributed by atoms with Gasteiger partial charge in [-0.05, 0) is 57.5 Å². The zero-order chi connectivity index (χ0) is 12.1. The molecular formula is C14H23N3. The third-order valence-corrected chi connectivity index (χ3v) is 3.82. The molecule has 1 N–H and O–H groups in total. The van der Waals surface area contributed by atoms with Gasteiger partial charge in [0.1, 0.15) is 0 Å². The summed E-state index contributed by atoms with van der Waals surface area (Å²) in [4.78, 5) is 6.56. The van der Waals surface area contributed by atoms with Crippen molar-refractivity contribution in [3.8, 4) is 0 Å². The fourth-order valence-electron chi connectivity index (χ4n) is 2.48. The second-order valence-electron chi connectivity index (χ2n) is 5.17. The van der Waals surface area contributed by atoms with Gasteiger partial charge in [-0.2, -0.15) is 0 Å². The lowest BCUT2D eigenvalue weighted by molar-refractivity contribution is 0.189. The Bertz CT molecular complexity index is 317. The third kappa shape index (κ3) is 3.79. The van der Waals surface area contributed by atoms with E-state index in [-0.39, 0.29) is 0 Å². The van der Waals surface area contributed by atoms with Crippen molar-refractivity contribution >= 4 is 0 Å². The monoisotopic (exact) mass is 233 g/mol. The number of nitrogens with zero attached hydrogens (tertiary/aromatic N) is 2. The first kappa shape index (κ1) is 12.5. The minimum absolute atomic E-state index is 0.601. The van der Waals surface area contributed by atoms with Crippen molar-refractivity contribution in [1.29, 1.82) is 0 Å². The van der Waals surface area contributed by atoms with Crippen molar-refractivity contribution < 1.29 is 0 Å². The molecule has 0 bridgehead atoms. The van der Waals surface area contributed by atoms with E-state index in [1.807, 2.05) is 18.5 Å². The van der Waals surface area contributed by atoms with Crippen LogP contribution >= 0.6 is 0 Å². The van der Waals surface area contributed by atoms with Crippen LogP contribution in [0.4, 0.5) is 0 Å². The molecule has 0 amide bonds. The molecule has 0 aliphatic carbocycles. The topological polar surface area (TPSA) is 28.2 Å². The highest BCUT2D eigenvalue weighted by Crippen LogP contribution is 2.19. The van der Waals surface area contributed by atoms with Gasteiger partial charge in [0.05, 0.1) is 0 Å². The number of pyridine rings is 1. The van der Waals surface area contributed by atoms with Crippen molar-refractivity contribution in [3.05, 3.63) is 30.1 Å². The summed E-state index contributed by atoms with van der Waals surface area (Å²) in [6.45, 7) is 5.72. The van der Waals surface area contributed by atoms with Crippen LogP contribution in [0.2, 0.25) is 0 Å². The van der Waals surface area contributed by atoms with Gasteiger partial charge in [0.2, 0.25) is 0 Å². The van der Waals surface area contributed by atoms with E-state index in [0.717, 1.165) is 12.5 Å². The van der Waals surface area contributed by atoms with E-state index in [1.54, 1.807) is 0 Å². The molecule has 1 saturated heterocycles. The minimum Gasteiger partial charge on any atom is -0.310 e. The first-order valence-electron chi connectivity index (χ1n) is 6.56. The molecule has 1 fully saturated rings. The van der Waals surface area contributed by atoms with Gasteiger partial charge in [-0.15, -0.1) is 0 Å². The lowest BCUT2D eigenvalue weighted by atomic mass is 9.90. The van der Waals surface area contributed by atoms with Gasteiger partial charge >= 0.3 is 0 Å². The van der Waals surface area contributed by atoms with Gasteiger partial charge in [-0.3, -0.25) is 4.98 Å². The predicted octanol–water partition coefficient (Wildman–Crippen LogP) is 1.90. The normalized spacial score (nSPS) is 20.4. The number of rotatable bonds is 4. The first-order valence-corrected chi connectivity index (χ1v) is 6.56. The summed E-state index contributed by atoms with van der Waals surface area (Å²) in [5.74, 6) is 0.822. The molecule has 3 nitrogen and oxygen atoms in total. The van der Waals surface area contributed by atoms with Crippen LogP contribution < -0.4 is 5.32 Å². The molecule has 0 spiro atoms. The van der Waals surface area contributed by atoms with Crippen LogP contribution in [0.15, 0.2) is 24.5 Å². The van der Waals surface area contributed by atoms with Crippen LogP contribution in [0, 0.1) is 5.92 Å². The Morgan fingerprint density at radius 1 is 1.47 bits per heavy atom. The fourth-order valence-corrected chi connectivity index (χ4v) is 2.48. The molecule has 0 saturated carbocycles. The van der Waals surface area contributed by atoms with Crippen molar-refractivity contribution in [2.75, 3.05) is 20.1 Å². The quantitative estimate of drug-likeness (QED) is 0.861. The lowest BCUT2D eigenvalue weighted by Crippen LogP contribution is -2.40. The zero-order valence-electron chi connectivity index (χ0n) is 10.9. The second-order valence-corrected chi connectivity index (χ2v) is 5.17. The molecule has 1 aromatic rings. The predicted molar refractivity (Wildman–Crippen MR) is 70.8 cm³/mol. The van der Waals surface area contributed by atoms with Crippen molar-refractivity contribution in [2.24, 2.45) is 5.92 Å². The summed E-state index contributed by atoms with van der Waals surface area (Å²) in [5.41, 5.74) is 1.27. The Hall–Kier alpha value is -0.930. The van der Waals surface area contributed by atoms with E-state index in [0.29, 0.717) is 6.04 Å². The van der Waals surface area contributed by atoms with Crippen molar-refractivity contribution in [3.63, 3.8) is 0 Å². The molecule has 3 heteroatoms. The average Bonchev–Trinajstić information content (AvgIpc) is 2.38. The molecule has 0 aromatic carbocycles. The first-order chi connectivity index (χ1) is 8.25. The van der Waals surface area contributed by atoms with Crippen molar-refractivity contribution in [1.82, 2.24) is 15.2 Å². The Kier molecular flexibility index (Phi) is 4.51. The standard InChI is InChI=1S/C14H23N3/c1-12(14-5-8-17(2)9-6-14)16-11-13-4-3-7-15-10-13/h3-4,7,10,12,14,16H,5-6,8-9,11H2,1-2H3. The lowest BCUT2D eigenvalue weighted by Gasteiger charge is -2.33. The van der Waals surface area contributed by atoms with Gasteiger partial charge in [-0.25, -0.2) is 0 Å². The molecular weight excluding hydrogens is 210 g/mol. The summed E-state index contributed by atoms with van der Waals surface area (Å²) in [5, 5.41) is 3.62. The summed E-state index contributed by atoms with van der Waals surface area (Å²) >= 11 is 0. The summed E-state index contributed by atoms with van der Waals surface area (Å²) < 4.78 is 0. The van der Waals surface area contributed by atoms with Gasteiger partial charge in [-0.1, -0.05) is 6.07 Å². The Morgan fingerprint density at radius 3 is 2.88 bits per heavy atom. The molecule has 0 radical (unpaired) electrons. The van der Waals surface area contributed by atoms with Crippen LogP contribution in [0.25, 0.3) is 0 Å². The molecule has 2 rings (SSSR count). The number of hydrogen-bond acceptors (Lipinski definition) is 3. The average molecular weight is 233 g/mol. The Morgan fingerprint density at radius 2 is 2.24 bits per heavy atom. The molecule has 2 heterocycles. The molecule has 1 atom stereocenters. The summed E-state index contributed by atoms with van der Waals surface area (Å²) in [6.07, 6.45) is 6.40. The Balaban J connectivity index is 1.75. The fraction of sp³-hybridized carbons (Fsp3) is 0.643. The highest BCUT2D eigenvalue weighted by molar-refractivity contribution is 5.08. The van der Waals surface area contributed by atoms with Crippen LogP contribution in [0.5, 0.6) is 0 Å². The second kappa shape index (κ2) is 6.12. The van der Waals surface area contributed by atoms with Crippen LogP contribution in [0.3, 0.4) is 0 Å². The zero-order valence-corrected chi connectivity index (χ0v) is 10.9. The Labute approximate surface area is 104 Å². The van der Waals surface area contributed by atoms with E-state index in [4.69, 9.17) is 0 Å². The minimum atomic E-state index is 0.601. The van der Waals surface area contributed by atoms with E-state index in [1.165, 1.54) is 31.5 Å². The smallest absolute Gasteiger partial charge is 0.0312 e. The van der Waals surface area contributed by atoms with Gasteiger partial charge < -0.3 is 10.2 Å². The maximum atomic E-state index is 4.14. The van der Waals surface area contributed by atoms with Gasteiger partial charge in [0.15, 0.2) is 0 Å². The van der Waals surface area contributed by atoms with Gasteiger partial charge in [0, 0.05) is 25.0 Å². The van der Waals surface area contributed by atoms with E-state index >= 15 is 0 Å². The largest absolute Gasteiger partial charge is 0.310 e. The number of piperidine rings is 1. The SMILES string of the molecule is CC(NCc1cccnc1)C1CCN(C)CC1. The third-order valence-electron chi connectivity index (χ3n) is 3.82. The maximum absolute atomic E-state index is 4.14. The number of likely N-dealkylation sites (tertiary alicyclic amines) is 1. The number of hydrogen-bond donors (Lipinski definition) is 1. The van der Waals surface area contributed by atoms with E-state index in [9.17, 15) is 0 Å². The molecule has 1 aliphatic rings. The number of nitrogens with one attached hydrogen (secondary N) is 1. The molecule has 1 aliphatic heterocycles. The van der Waals surface area contributed by atoms with Crippen LogP contribution in [-0.2, 0) is 6.54 Å². The summed E-state index contributed by atoms with van der Waals surface area (Å²) in [6, 6.07) is 4.72.